The highest BCUT2D eigenvalue weighted by molar-refractivity contribution is 7.88. The van der Waals surface area contributed by atoms with Gasteiger partial charge in [-0.25, -0.2) is 13.1 Å². The van der Waals surface area contributed by atoms with Crippen LogP contribution in [0.5, 0.6) is 0 Å². The lowest BCUT2D eigenvalue weighted by Crippen LogP contribution is -2.31. The lowest BCUT2D eigenvalue weighted by atomic mass is 10.1. The summed E-state index contributed by atoms with van der Waals surface area (Å²) in [6.45, 7) is 8.01. The van der Waals surface area contributed by atoms with E-state index in [-0.39, 0.29) is 17.7 Å². The quantitative estimate of drug-likeness (QED) is 0.667. The number of benzene rings is 2. The molecule has 0 unspecified atom stereocenters. The van der Waals surface area contributed by atoms with Crippen molar-refractivity contribution in [1.29, 1.82) is 0 Å². The lowest BCUT2D eigenvalue weighted by Gasteiger charge is -2.10. The Morgan fingerprint density at radius 3 is 2.29 bits per heavy atom. The maximum absolute atomic E-state index is 12.0. The SMILES string of the molecule is Cc1ccc(/C=C/C(=O)NCc2ccc(CS(=O)(=O)NC(C)C)cc2)c(C)c1. The Morgan fingerprint density at radius 2 is 1.68 bits per heavy atom. The average molecular weight is 401 g/mol. The highest BCUT2D eigenvalue weighted by Crippen LogP contribution is 2.12. The number of carbonyl (C=O) groups excluding carboxylic acids is 1. The van der Waals surface area contributed by atoms with Crippen molar-refractivity contribution < 1.29 is 13.2 Å². The molecule has 0 saturated carbocycles. The van der Waals surface area contributed by atoms with Crippen LogP contribution >= 0.6 is 0 Å². The first-order valence-electron chi connectivity index (χ1n) is 9.25. The second kappa shape index (κ2) is 9.66. The summed E-state index contributed by atoms with van der Waals surface area (Å²) in [7, 11) is -3.34. The Morgan fingerprint density at radius 1 is 1.04 bits per heavy atom. The zero-order chi connectivity index (χ0) is 20.7. The first kappa shape index (κ1) is 21.9. The molecular weight excluding hydrogens is 372 g/mol. The molecule has 150 valence electrons. The molecule has 0 aromatic heterocycles. The van der Waals surface area contributed by atoms with E-state index in [9.17, 15) is 13.2 Å². The highest BCUT2D eigenvalue weighted by Gasteiger charge is 2.12. The van der Waals surface area contributed by atoms with Gasteiger partial charge in [0.25, 0.3) is 0 Å². The molecule has 0 radical (unpaired) electrons. The summed E-state index contributed by atoms with van der Waals surface area (Å²) in [5.74, 6) is -0.232. The molecule has 0 atom stereocenters. The molecule has 0 spiro atoms. The smallest absolute Gasteiger partial charge is 0.244 e. The van der Waals surface area contributed by atoms with Crippen molar-refractivity contribution in [2.75, 3.05) is 0 Å². The van der Waals surface area contributed by atoms with Crippen molar-refractivity contribution >= 4 is 22.0 Å². The third-order valence-corrected chi connectivity index (χ3v) is 5.65. The summed E-state index contributed by atoms with van der Waals surface area (Å²) in [6.07, 6.45) is 3.33. The number of rotatable bonds is 8. The first-order valence-corrected chi connectivity index (χ1v) is 10.9. The van der Waals surface area contributed by atoms with Crippen LogP contribution in [0.25, 0.3) is 6.08 Å². The van der Waals surface area contributed by atoms with Gasteiger partial charge in [-0.15, -0.1) is 0 Å². The van der Waals surface area contributed by atoms with Crippen LogP contribution < -0.4 is 10.0 Å². The van der Waals surface area contributed by atoms with Gasteiger partial charge in [0.2, 0.25) is 15.9 Å². The molecule has 0 aliphatic heterocycles. The summed E-state index contributed by atoms with van der Waals surface area (Å²) in [5, 5.41) is 2.84. The Labute approximate surface area is 167 Å². The molecule has 0 aliphatic carbocycles. The van der Waals surface area contributed by atoms with Gasteiger partial charge in [0.15, 0.2) is 0 Å². The number of aryl methyl sites for hydroxylation is 2. The van der Waals surface area contributed by atoms with Gasteiger partial charge in [0.05, 0.1) is 5.75 Å². The van der Waals surface area contributed by atoms with Crippen LogP contribution in [0.15, 0.2) is 48.5 Å². The largest absolute Gasteiger partial charge is 0.348 e. The normalized spacial score (nSPS) is 11.9. The number of carbonyl (C=O) groups is 1. The maximum atomic E-state index is 12.0. The van der Waals surface area contributed by atoms with Gasteiger partial charge < -0.3 is 5.32 Å². The van der Waals surface area contributed by atoms with Crippen molar-refractivity contribution in [2.24, 2.45) is 0 Å². The van der Waals surface area contributed by atoms with E-state index in [2.05, 4.69) is 16.1 Å². The molecule has 0 aliphatic rings. The van der Waals surface area contributed by atoms with Crippen LogP contribution in [0.3, 0.4) is 0 Å². The standard InChI is InChI=1S/C22H28N2O3S/c1-16(2)24-28(26,27)15-20-8-6-19(7-9-20)14-23-22(25)12-11-21-10-5-17(3)13-18(21)4/h5-13,16,24H,14-15H2,1-4H3,(H,23,25)/b12-11+. The molecule has 1 amide bonds. The zero-order valence-electron chi connectivity index (χ0n) is 16.8. The predicted octanol–water partition coefficient (Wildman–Crippen LogP) is 3.46. The number of amides is 1. The molecule has 2 N–H and O–H groups in total. The van der Waals surface area contributed by atoms with Gasteiger partial charge in [0, 0.05) is 18.7 Å². The lowest BCUT2D eigenvalue weighted by molar-refractivity contribution is -0.116. The minimum Gasteiger partial charge on any atom is -0.348 e. The van der Waals surface area contributed by atoms with E-state index in [1.165, 1.54) is 11.6 Å². The summed E-state index contributed by atoms with van der Waals surface area (Å²) >= 11 is 0. The third kappa shape index (κ3) is 7.29. The van der Waals surface area contributed by atoms with Gasteiger partial charge in [-0.2, -0.15) is 0 Å². The van der Waals surface area contributed by atoms with Gasteiger partial charge in [0.1, 0.15) is 0 Å². The molecule has 2 aromatic rings. The van der Waals surface area contributed by atoms with Crippen LogP contribution in [0, 0.1) is 13.8 Å². The molecule has 0 fully saturated rings. The molecule has 0 saturated heterocycles. The summed E-state index contributed by atoms with van der Waals surface area (Å²) in [4.78, 5) is 12.0. The van der Waals surface area contributed by atoms with Crippen LogP contribution in [0.4, 0.5) is 0 Å². The van der Waals surface area contributed by atoms with E-state index >= 15 is 0 Å². The Bertz CT molecular complexity index is 946. The Balaban J connectivity index is 1.89. The van der Waals surface area contributed by atoms with Crippen LogP contribution in [0.2, 0.25) is 0 Å². The molecular formula is C22H28N2O3S. The van der Waals surface area contributed by atoms with E-state index in [0.29, 0.717) is 12.1 Å². The van der Waals surface area contributed by atoms with Crippen LogP contribution in [-0.4, -0.2) is 20.4 Å². The van der Waals surface area contributed by atoms with Crippen molar-refractivity contribution in [2.45, 2.75) is 46.0 Å². The first-order chi connectivity index (χ1) is 13.1. The Hall–Kier alpha value is -2.44. The summed E-state index contributed by atoms with van der Waals surface area (Å²) < 4.78 is 26.5. The minimum atomic E-state index is -3.34. The highest BCUT2D eigenvalue weighted by atomic mass is 32.2. The van der Waals surface area contributed by atoms with Crippen LogP contribution in [0.1, 0.15) is 41.7 Å². The molecule has 2 rings (SSSR count). The van der Waals surface area contributed by atoms with Gasteiger partial charge in [-0.05, 0) is 56.0 Å². The van der Waals surface area contributed by atoms with Gasteiger partial charge >= 0.3 is 0 Å². The summed E-state index contributed by atoms with van der Waals surface area (Å²) in [6, 6.07) is 13.2. The monoisotopic (exact) mass is 400 g/mol. The number of hydrogen-bond acceptors (Lipinski definition) is 3. The van der Waals surface area contributed by atoms with Crippen LogP contribution in [-0.2, 0) is 27.1 Å². The van der Waals surface area contributed by atoms with E-state index < -0.39 is 10.0 Å². The van der Waals surface area contributed by atoms with E-state index in [0.717, 1.165) is 16.7 Å². The number of hydrogen-bond donors (Lipinski definition) is 2. The van der Waals surface area contributed by atoms with Crippen molar-refractivity contribution in [3.63, 3.8) is 0 Å². The van der Waals surface area contributed by atoms with Crippen molar-refractivity contribution in [1.82, 2.24) is 10.0 Å². The molecule has 0 bridgehead atoms. The molecule has 5 nitrogen and oxygen atoms in total. The van der Waals surface area contributed by atoms with Crippen molar-refractivity contribution in [3.8, 4) is 0 Å². The van der Waals surface area contributed by atoms with Crippen molar-refractivity contribution in [3.05, 3.63) is 76.4 Å². The Kier molecular flexibility index (Phi) is 7.54. The van der Waals surface area contributed by atoms with E-state index in [1.807, 2.05) is 38.1 Å². The van der Waals surface area contributed by atoms with E-state index in [4.69, 9.17) is 0 Å². The number of sulfonamides is 1. The average Bonchev–Trinajstić information content (AvgIpc) is 2.59. The summed E-state index contributed by atoms with van der Waals surface area (Å²) in [5.41, 5.74) is 4.95. The second-order valence-corrected chi connectivity index (χ2v) is 9.01. The topological polar surface area (TPSA) is 75.3 Å². The molecule has 6 heteroatoms. The minimum absolute atomic E-state index is 0.0591. The zero-order valence-corrected chi connectivity index (χ0v) is 17.6. The maximum Gasteiger partial charge on any atom is 0.244 e. The second-order valence-electron chi connectivity index (χ2n) is 7.26. The fourth-order valence-electron chi connectivity index (χ4n) is 2.80. The molecule has 2 aromatic carbocycles. The van der Waals surface area contributed by atoms with E-state index in [1.54, 1.807) is 32.1 Å². The van der Waals surface area contributed by atoms with Gasteiger partial charge in [-0.3, -0.25) is 4.79 Å². The van der Waals surface area contributed by atoms with Gasteiger partial charge in [-0.1, -0.05) is 48.0 Å². The third-order valence-electron chi connectivity index (χ3n) is 4.10. The fraction of sp³-hybridized carbons (Fsp3) is 0.318. The predicted molar refractivity (Wildman–Crippen MR) is 114 cm³/mol. The molecule has 0 heterocycles. The fourth-order valence-corrected chi connectivity index (χ4v) is 4.23. The molecule has 28 heavy (non-hydrogen) atoms. The number of nitrogens with one attached hydrogen (secondary N) is 2.